The van der Waals surface area contributed by atoms with Crippen LogP contribution in [0, 0.1) is 6.92 Å². The van der Waals surface area contributed by atoms with Gasteiger partial charge >= 0.3 is 18.9 Å². The van der Waals surface area contributed by atoms with Crippen molar-refractivity contribution in [1.82, 2.24) is 0 Å². The molecule has 1 rings (SSSR count). The molecule has 0 aliphatic rings. The molecule has 10 heavy (non-hydrogen) atoms. The molecule has 1 aromatic carbocycles. The van der Waals surface area contributed by atoms with Crippen molar-refractivity contribution in [3.8, 4) is 5.75 Å². The van der Waals surface area contributed by atoms with Crippen LogP contribution in [0.3, 0.4) is 0 Å². The molecule has 0 saturated heterocycles. The van der Waals surface area contributed by atoms with Crippen LogP contribution in [-0.2, 0) is 0 Å². The summed E-state index contributed by atoms with van der Waals surface area (Å²) in [6.07, 6.45) is 0. The molecule has 0 fully saturated rings. The van der Waals surface area contributed by atoms with E-state index in [1.807, 2.05) is 0 Å². The van der Waals surface area contributed by atoms with Crippen molar-refractivity contribution in [1.29, 1.82) is 0 Å². The van der Waals surface area contributed by atoms with Crippen LogP contribution >= 0.6 is 0 Å². The van der Waals surface area contributed by atoms with E-state index in [0.717, 1.165) is 0 Å². The van der Waals surface area contributed by atoms with Gasteiger partial charge in [0.05, 0.1) is 0 Å². The molecule has 0 atom stereocenters. The zero-order valence-electron chi connectivity index (χ0n) is 6.22. The number of anilines is 1. The third-order valence-corrected chi connectivity index (χ3v) is 1.20. The second kappa shape index (κ2) is 3.55. The summed E-state index contributed by atoms with van der Waals surface area (Å²) >= 11 is 0. The number of nitrogen functional groups attached to an aromatic ring is 1. The van der Waals surface area contributed by atoms with Crippen LogP contribution in [0.4, 0.5) is 5.69 Å². The van der Waals surface area contributed by atoms with Crippen molar-refractivity contribution < 1.29 is 24.0 Å². The molecule has 0 amide bonds. The average molecular weight is 129 g/mol. The minimum atomic E-state index is 0. The molecule has 0 spiro atoms. The largest absolute Gasteiger partial charge is 1.00 e. The van der Waals surface area contributed by atoms with Gasteiger partial charge in [0.1, 0.15) is 0 Å². The third kappa shape index (κ3) is 1.98. The fourth-order valence-corrected chi connectivity index (χ4v) is 0.673. The van der Waals surface area contributed by atoms with Gasteiger partial charge in [-0.3, -0.25) is 0 Å². The van der Waals surface area contributed by atoms with Gasteiger partial charge in [0.15, 0.2) is 0 Å². The first-order valence-electron chi connectivity index (χ1n) is 2.73. The van der Waals surface area contributed by atoms with E-state index in [-0.39, 0.29) is 24.6 Å². The molecule has 0 radical (unpaired) electrons. The minimum Gasteiger partial charge on any atom is -0.872 e. The Balaban J connectivity index is 0.000000810. The Kier molecular flexibility index (Phi) is 3.35. The summed E-state index contributed by atoms with van der Waals surface area (Å²) in [5.74, 6) is 0.0456. The van der Waals surface area contributed by atoms with Crippen LogP contribution < -0.4 is 29.7 Å². The van der Waals surface area contributed by atoms with E-state index in [9.17, 15) is 5.11 Å². The molecule has 3 heteroatoms. The first-order chi connectivity index (χ1) is 4.20. The van der Waals surface area contributed by atoms with Crippen molar-refractivity contribution in [2.45, 2.75) is 6.92 Å². The van der Waals surface area contributed by atoms with Crippen LogP contribution in [0.5, 0.6) is 5.75 Å². The maximum Gasteiger partial charge on any atom is 1.00 e. The molecule has 48 valence electrons. The van der Waals surface area contributed by atoms with Gasteiger partial charge in [-0.15, -0.1) is 5.75 Å². The summed E-state index contributed by atoms with van der Waals surface area (Å²) in [7, 11) is 0. The Hall–Kier alpha value is -0.583. The summed E-state index contributed by atoms with van der Waals surface area (Å²) < 4.78 is 0. The van der Waals surface area contributed by atoms with Gasteiger partial charge in [-0.1, -0.05) is 11.6 Å². The van der Waals surface area contributed by atoms with Crippen LogP contribution in [0.25, 0.3) is 0 Å². The van der Waals surface area contributed by atoms with Gasteiger partial charge in [0.25, 0.3) is 0 Å². The standard InChI is InChI=1S/C7H9NO.Li/c1-5-4-6(8)2-3-7(5)9;/h2-4,9H,8H2,1H3;/q;+1/p-1. The molecule has 0 heterocycles. The molecule has 0 aromatic heterocycles. The Morgan fingerprint density at radius 3 is 2.40 bits per heavy atom. The monoisotopic (exact) mass is 129 g/mol. The normalized spacial score (nSPS) is 8.50. The van der Waals surface area contributed by atoms with Gasteiger partial charge in [-0.2, -0.15) is 0 Å². The van der Waals surface area contributed by atoms with Crippen LogP contribution in [0.1, 0.15) is 5.56 Å². The Morgan fingerprint density at radius 1 is 1.40 bits per heavy atom. The molecule has 0 saturated carbocycles. The van der Waals surface area contributed by atoms with Gasteiger partial charge in [-0.25, -0.2) is 0 Å². The number of benzene rings is 1. The van der Waals surface area contributed by atoms with Crippen molar-refractivity contribution in [3.63, 3.8) is 0 Å². The zero-order valence-corrected chi connectivity index (χ0v) is 6.22. The van der Waals surface area contributed by atoms with Gasteiger partial charge < -0.3 is 10.8 Å². The summed E-state index contributed by atoms with van der Waals surface area (Å²) in [6, 6.07) is 4.75. The van der Waals surface area contributed by atoms with Gasteiger partial charge in [0, 0.05) is 5.69 Å². The van der Waals surface area contributed by atoms with Crippen molar-refractivity contribution >= 4 is 5.69 Å². The van der Waals surface area contributed by atoms with Crippen LogP contribution in [-0.4, -0.2) is 0 Å². The smallest absolute Gasteiger partial charge is 0.872 e. The molecule has 0 unspecified atom stereocenters. The topological polar surface area (TPSA) is 49.1 Å². The summed E-state index contributed by atoms with van der Waals surface area (Å²) in [6.45, 7) is 1.75. The van der Waals surface area contributed by atoms with Crippen molar-refractivity contribution in [2.24, 2.45) is 0 Å². The fraction of sp³-hybridized carbons (Fsp3) is 0.143. The number of nitrogens with two attached hydrogens (primary N) is 1. The molecule has 0 aliphatic heterocycles. The van der Waals surface area contributed by atoms with Gasteiger partial charge in [-0.05, 0) is 19.1 Å². The van der Waals surface area contributed by atoms with E-state index in [0.29, 0.717) is 11.3 Å². The van der Waals surface area contributed by atoms with Gasteiger partial charge in [0.2, 0.25) is 0 Å². The predicted octanol–water partition coefficient (Wildman–Crippen LogP) is -2.35. The molecular weight excluding hydrogens is 121 g/mol. The number of aryl methyl sites for hydroxylation is 1. The third-order valence-electron chi connectivity index (χ3n) is 1.20. The predicted molar refractivity (Wildman–Crippen MR) is 35.0 cm³/mol. The van der Waals surface area contributed by atoms with E-state index in [4.69, 9.17) is 5.73 Å². The number of hydrogen-bond donors (Lipinski definition) is 1. The molecule has 1 aromatic rings. The second-order valence-corrected chi connectivity index (χ2v) is 2.02. The summed E-state index contributed by atoms with van der Waals surface area (Å²) in [5.41, 5.74) is 6.74. The Bertz CT molecular complexity index is 225. The van der Waals surface area contributed by atoms with E-state index < -0.39 is 0 Å². The van der Waals surface area contributed by atoms with E-state index in [1.165, 1.54) is 6.07 Å². The number of rotatable bonds is 0. The molecule has 0 aliphatic carbocycles. The molecule has 2 nitrogen and oxygen atoms in total. The first-order valence-corrected chi connectivity index (χ1v) is 2.73. The molecule has 2 N–H and O–H groups in total. The maximum atomic E-state index is 10.7. The fourth-order valence-electron chi connectivity index (χ4n) is 0.673. The molecular formula is C7H8LiNO. The minimum absolute atomic E-state index is 0. The maximum absolute atomic E-state index is 10.7. The Morgan fingerprint density at radius 2 is 2.00 bits per heavy atom. The van der Waals surface area contributed by atoms with Crippen LogP contribution in [0.15, 0.2) is 18.2 Å². The average Bonchev–Trinajstić information content (AvgIpc) is 1.80. The molecule has 0 bridgehead atoms. The van der Waals surface area contributed by atoms with Crippen LogP contribution in [0.2, 0.25) is 0 Å². The van der Waals surface area contributed by atoms with E-state index in [1.54, 1.807) is 19.1 Å². The number of hydrogen-bond acceptors (Lipinski definition) is 2. The van der Waals surface area contributed by atoms with E-state index >= 15 is 0 Å². The summed E-state index contributed by atoms with van der Waals surface area (Å²) in [5, 5.41) is 10.7. The zero-order chi connectivity index (χ0) is 6.85. The summed E-state index contributed by atoms with van der Waals surface area (Å²) in [4.78, 5) is 0. The van der Waals surface area contributed by atoms with E-state index in [2.05, 4.69) is 0 Å². The quantitative estimate of drug-likeness (QED) is 0.315. The van der Waals surface area contributed by atoms with Crippen molar-refractivity contribution in [3.05, 3.63) is 23.8 Å². The first kappa shape index (κ1) is 9.42. The second-order valence-electron chi connectivity index (χ2n) is 2.02. The Labute approximate surface area is 72.2 Å². The SMILES string of the molecule is Cc1cc(N)ccc1[O-].[Li+]. The van der Waals surface area contributed by atoms with Crippen molar-refractivity contribution in [2.75, 3.05) is 5.73 Å².